The molecular formula is C10H16O. The highest BCUT2D eigenvalue weighted by Gasteiger charge is 2.23. The maximum Gasteiger partial charge on any atom is 0.133 e. The van der Waals surface area contributed by atoms with Crippen molar-refractivity contribution in [1.29, 1.82) is 0 Å². The van der Waals surface area contributed by atoms with Crippen LogP contribution in [0, 0.1) is 11.8 Å². The van der Waals surface area contributed by atoms with Crippen LogP contribution < -0.4 is 0 Å². The Morgan fingerprint density at radius 2 is 2.27 bits per heavy atom. The zero-order valence-electron chi connectivity index (χ0n) is 7.55. The normalized spacial score (nSPS) is 31.4. The van der Waals surface area contributed by atoms with Gasteiger partial charge in [0, 0.05) is 5.92 Å². The molecule has 1 rings (SSSR count). The van der Waals surface area contributed by atoms with Gasteiger partial charge in [0.2, 0.25) is 0 Å². The summed E-state index contributed by atoms with van der Waals surface area (Å²) in [6, 6.07) is 0. The summed E-state index contributed by atoms with van der Waals surface area (Å²) in [6.45, 7) is 5.98. The zero-order valence-corrected chi connectivity index (χ0v) is 7.55. The van der Waals surface area contributed by atoms with Crippen LogP contribution >= 0.6 is 0 Å². The van der Waals surface area contributed by atoms with E-state index in [0.717, 1.165) is 12.8 Å². The maximum atomic E-state index is 11.1. The van der Waals surface area contributed by atoms with E-state index in [9.17, 15) is 4.79 Å². The number of ketones is 1. The predicted octanol–water partition coefficient (Wildman–Crippen LogP) is 2.57. The molecule has 0 radical (unpaired) electrons. The lowest BCUT2D eigenvalue weighted by atomic mass is 9.80. The van der Waals surface area contributed by atoms with Gasteiger partial charge in [-0.25, -0.2) is 0 Å². The Bertz CT molecular complexity index is 191. The van der Waals surface area contributed by atoms with Crippen molar-refractivity contribution in [2.24, 2.45) is 11.8 Å². The second kappa shape index (κ2) is 3.21. The fraction of sp³-hybridized carbons (Fsp3) is 0.700. The molecular weight excluding hydrogens is 136 g/mol. The molecule has 0 amide bonds. The van der Waals surface area contributed by atoms with Crippen molar-refractivity contribution in [3.8, 4) is 0 Å². The highest BCUT2D eigenvalue weighted by molar-refractivity contribution is 5.79. The van der Waals surface area contributed by atoms with Crippen molar-refractivity contribution >= 4 is 5.78 Å². The Labute approximate surface area is 68.5 Å². The molecule has 11 heavy (non-hydrogen) atoms. The summed E-state index contributed by atoms with van der Waals surface area (Å²) in [5, 5.41) is 0. The number of Topliss-reactive ketones (excluding diaryl/α,β-unsaturated/α-hetero) is 1. The fourth-order valence-electron chi connectivity index (χ4n) is 1.87. The first kappa shape index (κ1) is 8.51. The third-order valence-corrected chi connectivity index (χ3v) is 2.55. The van der Waals surface area contributed by atoms with Gasteiger partial charge in [0.1, 0.15) is 5.78 Å². The number of carbonyl (C=O) groups is 1. The second-order valence-electron chi connectivity index (χ2n) is 3.63. The van der Waals surface area contributed by atoms with Crippen LogP contribution in [0.25, 0.3) is 0 Å². The first-order valence-electron chi connectivity index (χ1n) is 4.29. The van der Waals surface area contributed by atoms with Crippen LogP contribution in [-0.4, -0.2) is 5.78 Å². The van der Waals surface area contributed by atoms with Gasteiger partial charge in [-0.05, 0) is 32.6 Å². The van der Waals surface area contributed by atoms with Crippen molar-refractivity contribution in [3.05, 3.63) is 11.6 Å². The summed E-state index contributed by atoms with van der Waals surface area (Å²) < 4.78 is 0. The van der Waals surface area contributed by atoms with Crippen molar-refractivity contribution in [3.63, 3.8) is 0 Å². The lowest BCUT2D eigenvalue weighted by Gasteiger charge is -2.24. The molecule has 0 aromatic carbocycles. The van der Waals surface area contributed by atoms with Gasteiger partial charge in [-0.1, -0.05) is 18.6 Å². The molecule has 0 spiro atoms. The van der Waals surface area contributed by atoms with Gasteiger partial charge in [0.05, 0.1) is 0 Å². The molecule has 0 heterocycles. The third-order valence-electron chi connectivity index (χ3n) is 2.55. The molecule has 0 unspecified atom stereocenters. The molecule has 0 saturated heterocycles. The third kappa shape index (κ3) is 1.92. The van der Waals surface area contributed by atoms with Gasteiger partial charge in [-0.15, -0.1) is 0 Å². The molecule has 2 atom stereocenters. The number of rotatable bonds is 1. The minimum Gasteiger partial charge on any atom is -0.300 e. The van der Waals surface area contributed by atoms with Crippen LogP contribution in [-0.2, 0) is 4.79 Å². The number of hydrogen-bond donors (Lipinski definition) is 0. The Morgan fingerprint density at radius 3 is 2.73 bits per heavy atom. The molecule has 0 N–H and O–H groups in total. The van der Waals surface area contributed by atoms with Gasteiger partial charge < -0.3 is 0 Å². The molecule has 1 aliphatic carbocycles. The molecule has 0 aromatic heterocycles. The number of allylic oxidation sites excluding steroid dienone is 2. The Morgan fingerprint density at radius 1 is 1.64 bits per heavy atom. The first-order valence-corrected chi connectivity index (χ1v) is 4.29. The molecule has 0 fully saturated rings. The molecule has 0 aliphatic heterocycles. The summed E-state index contributed by atoms with van der Waals surface area (Å²) in [5.41, 5.74) is 1.44. The van der Waals surface area contributed by atoms with E-state index in [0.29, 0.717) is 17.6 Å². The fourth-order valence-corrected chi connectivity index (χ4v) is 1.87. The summed E-state index contributed by atoms with van der Waals surface area (Å²) in [6.07, 6.45) is 4.39. The van der Waals surface area contributed by atoms with Crippen LogP contribution in [0.2, 0.25) is 0 Å². The first-order chi connectivity index (χ1) is 5.11. The van der Waals surface area contributed by atoms with Crippen LogP contribution in [0.4, 0.5) is 0 Å². The van der Waals surface area contributed by atoms with Gasteiger partial charge in [0.25, 0.3) is 0 Å². The molecule has 1 aliphatic rings. The highest BCUT2D eigenvalue weighted by atomic mass is 16.1. The molecule has 1 nitrogen and oxygen atoms in total. The van der Waals surface area contributed by atoms with E-state index >= 15 is 0 Å². The van der Waals surface area contributed by atoms with E-state index in [2.05, 4.69) is 19.9 Å². The van der Waals surface area contributed by atoms with Crippen LogP contribution in [0.15, 0.2) is 11.6 Å². The summed E-state index contributed by atoms with van der Waals surface area (Å²) in [7, 11) is 0. The standard InChI is InChI=1S/C10H16O/c1-7-4-5-10(9(3)11)8(2)6-7/h6,8,10H,4-5H2,1-3H3/t8-,10-/m1/s1. The topological polar surface area (TPSA) is 17.1 Å². The van der Waals surface area contributed by atoms with Gasteiger partial charge in [-0.2, -0.15) is 0 Å². The Hall–Kier alpha value is -0.590. The van der Waals surface area contributed by atoms with E-state index in [1.54, 1.807) is 6.92 Å². The molecule has 0 saturated carbocycles. The minimum atomic E-state index is 0.290. The summed E-state index contributed by atoms with van der Waals surface area (Å²) >= 11 is 0. The molecule has 0 bridgehead atoms. The van der Waals surface area contributed by atoms with E-state index < -0.39 is 0 Å². The Kier molecular flexibility index (Phi) is 2.48. The molecule has 62 valence electrons. The van der Waals surface area contributed by atoms with Gasteiger partial charge in [0.15, 0.2) is 0 Å². The largest absolute Gasteiger partial charge is 0.300 e. The van der Waals surface area contributed by atoms with Crippen molar-refractivity contribution < 1.29 is 4.79 Å². The predicted molar refractivity (Wildman–Crippen MR) is 46.3 cm³/mol. The quantitative estimate of drug-likeness (QED) is 0.528. The lowest BCUT2D eigenvalue weighted by Crippen LogP contribution is -2.21. The maximum absolute atomic E-state index is 11.1. The molecule has 1 heteroatoms. The van der Waals surface area contributed by atoms with Crippen LogP contribution in [0.5, 0.6) is 0 Å². The van der Waals surface area contributed by atoms with Crippen LogP contribution in [0.1, 0.15) is 33.6 Å². The lowest BCUT2D eigenvalue weighted by molar-refractivity contribution is -0.122. The van der Waals surface area contributed by atoms with Crippen molar-refractivity contribution in [2.75, 3.05) is 0 Å². The zero-order chi connectivity index (χ0) is 8.43. The van der Waals surface area contributed by atoms with Crippen molar-refractivity contribution in [2.45, 2.75) is 33.6 Å². The number of hydrogen-bond acceptors (Lipinski definition) is 1. The van der Waals surface area contributed by atoms with Gasteiger partial charge in [-0.3, -0.25) is 4.79 Å². The van der Waals surface area contributed by atoms with Crippen LogP contribution in [0.3, 0.4) is 0 Å². The monoisotopic (exact) mass is 152 g/mol. The minimum absolute atomic E-state index is 0.290. The van der Waals surface area contributed by atoms with E-state index in [4.69, 9.17) is 0 Å². The summed E-state index contributed by atoms with van der Waals surface area (Å²) in [4.78, 5) is 11.1. The SMILES string of the molecule is CC(=O)[C@@H]1CCC(C)=C[C@H]1C. The Balaban J connectivity index is 2.68. The van der Waals surface area contributed by atoms with Crippen molar-refractivity contribution in [1.82, 2.24) is 0 Å². The smallest absolute Gasteiger partial charge is 0.133 e. The highest BCUT2D eigenvalue weighted by Crippen LogP contribution is 2.28. The average Bonchev–Trinajstić information content (AvgIpc) is 1.85. The number of carbonyl (C=O) groups excluding carboxylic acids is 1. The second-order valence-corrected chi connectivity index (χ2v) is 3.63. The average molecular weight is 152 g/mol. The van der Waals surface area contributed by atoms with E-state index in [-0.39, 0.29) is 0 Å². The van der Waals surface area contributed by atoms with E-state index in [1.807, 2.05) is 0 Å². The van der Waals surface area contributed by atoms with E-state index in [1.165, 1.54) is 5.57 Å². The summed E-state index contributed by atoms with van der Waals surface area (Å²) in [5.74, 6) is 1.10. The van der Waals surface area contributed by atoms with Gasteiger partial charge >= 0.3 is 0 Å². The molecule has 0 aromatic rings.